The van der Waals surface area contributed by atoms with E-state index in [2.05, 4.69) is 20.2 Å². The maximum atomic E-state index is 12.6. The first-order valence-electron chi connectivity index (χ1n) is 11.5. The summed E-state index contributed by atoms with van der Waals surface area (Å²) >= 11 is 0. The van der Waals surface area contributed by atoms with Crippen LogP contribution in [0, 0.1) is 6.92 Å². The Balaban J connectivity index is 1.48. The Bertz CT molecular complexity index is 1210. The summed E-state index contributed by atoms with van der Waals surface area (Å²) in [6.45, 7) is 7.00. The van der Waals surface area contributed by atoms with Gasteiger partial charge in [0, 0.05) is 26.7 Å². The molecule has 1 saturated heterocycles. The number of aromatic amines is 1. The molecule has 184 valence electrons. The van der Waals surface area contributed by atoms with Crippen molar-refractivity contribution in [3.63, 3.8) is 0 Å². The summed E-state index contributed by atoms with van der Waals surface area (Å²) in [5, 5.41) is 14.0. The average Bonchev–Trinajstić information content (AvgIpc) is 3.19. The predicted octanol–water partition coefficient (Wildman–Crippen LogP) is 0.306. The molecule has 1 aliphatic rings. The van der Waals surface area contributed by atoms with Gasteiger partial charge in [0.15, 0.2) is 11.2 Å². The second-order valence-corrected chi connectivity index (χ2v) is 8.55. The molecular formula is C23H32N6O5. The Morgan fingerprint density at radius 2 is 1.97 bits per heavy atom. The first-order chi connectivity index (χ1) is 16.4. The van der Waals surface area contributed by atoms with Crippen LogP contribution in [0.25, 0.3) is 11.2 Å². The number of anilines is 1. The zero-order valence-corrected chi connectivity index (χ0v) is 19.6. The van der Waals surface area contributed by atoms with Gasteiger partial charge in [0.2, 0.25) is 5.95 Å². The third-order valence-electron chi connectivity index (χ3n) is 5.90. The average molecular weight is 473 g/mol. The SMILES string of the molecule is Cc1ccc(OC[C@@H](O)Cn2c(NCCCN3CCOCC3)nc3c2c(=O)[nH]c(=O)n3C)cc1. The van der Waals surface area contributed by atoms with Crippen LogP contribution in [0.4, 0.5) is 5.95 Å². The molecule has 11 nitrogen and oxygen atoms in total. The van der Waals surface area contributed by atoms with Crippen molar-refractivity contribution in [3.05, 3.63) is 50.7 Å². The predicted molar refractivity (Wildman–Crippen MR) is 129 cm³/mol. The number of imidazole rings is 1. The summed E-state index contributed by atoms with van der Waals surface area (Å²) in [5.74, 6) is 1.08. The molecular weight excluding hydrogens is 440 g/mol. The molecule has 0 aliphatic carbocycles. The smallest absolute Gasteiger partial charge is 0.329 e. The van der Waals surface area contributed by atoms with Crippen molar-refractivity contribution in [2.24, 2.45) is 7.05 Å². The lowest BCUT2D eigenvalue weighted by atomic mass is 10.2. The van der Waals surface area contributed by atoms with E-state index >= 15 is 0 Å². The molecule has 4 rings (SSSR count). The largest absolute Gasteiger partial charge is 0.491 e. The Kier molecular flexibility index (Phi) is 7.66. The third kappa shape index (κ3) is 5.66. The number of rotatable bonds is 10. The van der Waals surface area contributed by atoms with Crippen LogP contribution in [0.1, 0.15) is 12.0 Å². The Labute approximate surface area is 196 Å². The molecule has 2 aromatic heterocycles. The number of ether oxygens (including phenoxy) is 2. The number of hydrogen-bond acceptors (Lipinski definition) is 8. The molecule has 0 unspecified atom stereocenters. The van der Waals surface area contributed by atoms with E-state index in [9.17, 15) is 14.7 Å². The molecule has 3 N–H and O–H groups in total. The number of hydrogen-bond donors (Lipinski definition) is 3. The van der Waals surface area contributed by atoms with Crippen molar-refractivity contribution >= 4 is 17.1 Å². The highest BCUT2D eigenvalue weighted by atomic mass is 16.5. The summed E-state index contributed by atoms with van der Waals surface area (Å²) in [4.78, 5) is 33.9. The summed E-state index contributed by atoms with van der Waals surface area (Å²) in [6.07, 6.45) is -0.0263. The van der Waals surface area contributed by atoms with Crippen molar-refractivity contribution in [1.29, 1.82) is 0 Å². The second kappa shape index (κ2) is 10.9. The molecule has 1 aromatic carbocycles. The fraction of sp³-hybridized carbons (Fsp3) is 0.522. The number of aryl methyl sites for hydroxylation is 2. The second-order valence-electron chi connectivity index (χ2n) is 8.55. The van der Waals surface area contributed by atoms with Gasteiger partial charge in [-0.25, -0.2) is 4.79 Å². The van der Waals surface area contributed by atoms with Crippen molar-refractivity contribution < 1.29 is 14.6 Å². The van der Waals surface area contributed by atoms with Gasteiger partial charge in [-0.3, -0.25) is 19.2 Å². The maximum absolute atomic E-state index is 12.6. The number of benzene rings is 1. The molecule has 0 spiro atoms. The fourth-order valence-electron chi connectivity index (χ4n) is 3.97. The van der Waals surface area contributed by atoms with E-state index in [0.29, 0.717) is 18.2 Å². The number of H-pyrrole nitrogens is 1. The quantitative estimate of drug-likeness (QED) is 0.360. The molecule has 3 heterocycles. The van der Waals surface area contributed by atoms with Gasteiger partial charge in [0.05, 0.1) is 19.8 Å². The topological polar surface area (TPSA) is 127 Å². The zero-order chi connectivity index (χ0) is 24.1. The summed E-state index contributed by atoms with van der Waals surface area (Å²) in [5.41, 5.74) is 0.526. The van der Waals surface area contributed by atoms with E-state index in [1.54, 1.807) is 11.6 Å². The van der Waals surface area contributed by atoms with Crippen molar-refractivity contribution in [1.82, 2.24) is 24.0 Å². The number of fused-ring (bicyclic) bond motifs is 1. The maximum Gasteiger partial charge on any atom is 0.329 e. The van der Waals surface area contributed by atoms with Crippen molar-refractivity contribution in [2.45, 2.75) is 26.0 Å². The van der Waals surface area contributed by atoms with Crippen LogP contribution in [0.15, 0.2) is 33.9 Å². The zero-order valence-electron chi connectivity index (χ0n) is 19.6. The Morgan fingerprint density at radius 1 is 1.24 bits per heavy atom. The molecule has 34 heavy (non-hydrogen) atoms. The highest BCUT2D eigenvalue weighted by molar-refractivity contribution is 5.74. The van der Waals surface area contributed by atoms with Crippen LogP contribution >= 0.6 is 0 Å². The van der Waals surface area contributed by atoms with Gasteiger partial charge in [0.1, 0.15) is 18.5 Å². The molecule has 0 amide bonds. The number of nitrogens with zero attached hydrogens (tertiary/aromatic N) is 4. The summed E-state index contributed by atoms with van der Waals surface area (Å²) in [6, 6.07) is 7.56. The number of aliphatic hydroxyl groups is 1. The molecule has 11 heteroatoms. The number of nitrogens with one attached hydrogen (secondary N) is 2. The van der Waals surface area contributed by atoms with Gasteiger partial charge in [0.25, 0.3) is 5.56 Å². The standard InChI is InChI=1S/C23H32N6O5/c1-16-4-6-18(7-5-16)34-15-17(30)14-29-19-20(27(2)23(32)26-21(19)31)25-22(29)24-8-3-9-28-10-12-33-13-11-28/h4-7,17,30H,3,8-15H2,1-2H3,(H,24,25)(H,26,31,32)/t17-/m0/s1. The monoisotopic (exact) mass is 472 g/mol. The molecule has 1 aliphatic heterocycles. The van der Waals surface area contributed by atoms with E-state index < -0.39 is 17.4 Å². The normalized spacial score (nSPS) is 15.5. The number of morpholine rings is 1. The molecule has 0 radical (unpaired) electrons. The van der Waals surface area contributed by atoms with E-state index in [0.717, 1.165) is 44.8 Å². The molecule has 1 fully saturated rings. The van der Waals surface area contributed by atoms with Crippen LogP contribution in [0.2, 0.25) is 0 Å². The Morgan fingerprint density at radius 3 is 2.71 bits per heavy atom. The molecule has 3 aromatic rings. The van der Waals surface area contributed by atoms with Crippen LogP contribution in [0.5, 0.6) is 5.75 Å². The van der Waals surface area contributed by atoms with E-state index in [1.165, 1.54) is 4.57 Å². The lowest BCUT2D eigenvalue weighted by Crippen LogP contribution is -2.37. The lowest BCUT2D eigenvalue weighted by Gasteiger charge is -2.26. The van der Waals surface area contributed by atoms with Gasteiger partial charge in [-0.05, 0) is 32.0 Å². The molecule has 0 bridgehead atoms. The van der Waals surface area contributed by atoms with Crippen molar-refractivity contribution in [3.8, 4) is 5.75 Å². The van der Waals surface area contributed by atoms with E-state index in [-0.39, 0.29) is 24.3 Å². The number of aliphatic hydroxyl groups excluding tert-OH is 1. The minimum absolute atomic E-state index is 0.0445. The van der Waals surface area contributed by atoms with Crippen LogP contribution in [0.3, 0.4) is 0 Å². The van der Waals surface area contributed by atoms with Gasteiger partial charge in [-0.15, -0.1) is 0 Å². The van der Waals surface area contributed by atoms with E-state index in [4.69, 9.17) is 9.47 Å². The molecule has 1 atom stereocenters. The molecule has 0 saturated carbocycles. The van der Waals surface area contributed by atoms with Gasteiger partial charge >= 0.3 is 5.69 Å². The lowest BCUT2D eigenvalue weighted by molar-refractivity contribution is 0.0378. The first kappa shape index (κ1) is 24.0. The minimum atomic E-state index is -0.899. The fourth-order valence-corrected chi connectivity index (χ4v) is 3.97. The van der Waals surface area contributed by atoms with Crippen molar-refractivity contribution in [2.75, 3.05) is 51.3 Å². The van der Waals surface area contributed by atoms with Gasteiger partial charge in [-0.1, -0.05) is 17.7 Å². The summed E-state index contributed by atoms with van der Waals surface area (Å²) < 4.78 is 14.0. The van der Waals surface area contributed by atoms with Crippen LogP contribution in [-0.4, -0.2) is 81.2 Å². The van der Waals surface area contributed by atoms with Crippen LogP contribution in [-0.2, 0) is 18.3 Å². The van der Waals surface area contributed by atoms with E-state index in [1.807, 2.05) is 31.2 Å². The third-order valence-corrected chi connectivity index (χ3v) is 5.90. The van der Waals surface area contributed by atoms with Gasteiger partial charge in [-0.2, -0.15) is 4.98 Å². The summed E-state index contributed by atoms with van der Waals surface area (Å²) in [7, 11) is 1.55. The highest BCUT2D eigenvalue weighted by Gasteiger charge is 2.20. The highest BCUT2D eigenvalue weighted by Crippen LogP contribution is 2.17. The number of aromatic nitrogens is 4. The van der Waals surface area contributed by atoms with Gasteiger partial charge < -0.3 is 24.5 Å². The van der Waals surface area contributed by atoms with Crippen LogP contribution < -0.4 is 21.3 Å². The minimum Gasteiger partial charge on any atom is -0.491 e. The first-order valence-corrected chi connectivity index (χ1v) is 11.5. The Hall–Kier alpha value is -3.15.